The third-order valence-corrected chi connectivity index (χ3v) is 7.64. The van der Waals surface area contributed by atoms with Gasteiger partial charge in [0.05, 0.1) is 10.5 Å². The van der Waals surface area contributed by atoms with Crippen LogP contribution in [0.25, 0.3) is 0 Å². The first-order valence-corrected chi connectivity index (χ1v) is 8.92. The first-order valence-electron chi connectivity index (χ1n) is 7.31. The van der Waals surface area contributed by atoms with Crippen LogP contribution in [0.1, 0.15) is 30.4 Å². The fourth-order valence-electron chi connectivity index (χ4n) is 3.47. The van der Waals surface area contributed by atoms with E-state index in [-0.39, 0.29) is 16.0 Å². The lowest BCUT2D eigenvalue weighted by Gasteiger charge is -2.46. The molecule has 3 heterocycles. The van der Waals surface area contributed by atoms with Crippen LogP contribution in [-0.2, 0) is 21.9 Å². The maximum Gasteiger partial charge on any atom is 0.158 e. The van der Waals surface area contributed by atoms with E-state index in [0.29, 0.717) is 13.1 Å². The van der Waals surface area contributed by atoms with Crippen LogP contribution >= 0.6 is 0 Å². The minimum Gasteiger partial charge on any atom is -0.321 e. The zero-order chi connectivity index (χ0) is 14.0. The molecule has 2 atom stereocenters. The van der Waals surface area contributed by atoms with Crippen LogP contribution in [0.4, 0.5) is 0 Å². The summed E-state index contributed by atoms with van der Waals surface area (Å²) in [6, 6.07) is 8.53. The van der Waals surface area contributed by atoms with Crippen LogP contribution < -0.4 is 5.73 Å². The van der Waals surface area contributed by atoms with E-state index in [1.807, 2.05) is 0 Å². The van der Waals surface area contributed by atoms with Crippen LogP contribution in [0.3, 0.4) is 0 Å². The molecule has 0 amide bonds. The number of hydrogen-bond donors (Lipinski definition) is 1. The van der Waals surface area contributed by atoms with Gasteiger partial charge in [0.15, 0.2) is 9.84 Å². The highest BCUT2D eigenvalue weighted by Gasteiger charge is 2.51. The molecule has 2 bridgehead atoms. The second-order valence-electron chi connectivity index (χ2n) is 6.62. The van der Waals surface area contributed by atoms with E-state index < -0.39 is 9.84 Å². The number of benzene rings is 1. The molecule has 1 aromatic carbocycles. The molecule has 1 saturated carbocycles. The first kappa shape index (κ1) is 12.8. The third-order valence-electron chi connectivity index (χ3n) is 5.10. The Hall–Kier alpha value is -0.910. The zero-order valence-electron chi connectivity index (χ0n) is 11.5. The molecule has 20 heavy (non-hydrogen) atoms. The normalized spacial score (nSPS) is 33.5. The Balaban J connectivity index is 1.43. The molecule has 3 saturated heterocycles. The van der Waals surface area contributed by atoms with Crippen molar-refractivity contribution in [2.45, 2.75) is 41.8 Å². The molecular formula is C15H20N2O2S. The van der Waals surface area contributed by atoms with E-state index in [2.05, 4.69) is 29.2 Å². The highest BCUT2D eigenvalue weighted by molar-refractivity contribution is 7.94. The van der Waals surface area contributed by atoms with Crippen LogP contribution in [0.2, 0.25) is 0 Å². The summed E-state index contributed by atoms with van der Waals surface area (Å²) in [4.78, 5) is 2.27. The lowest BCUT2D eigenvalue weighted by Crippen LogP contribution is -2.61. The number of nitrogens with two attached hydrogens (primary N) is 1. The summed E-state index contributed by atoms with van der Waals surface area (Å²) in [7, 11) is -2.77. The average Bonchev–Trinajstić information content (AvgIpc) is 3.19. The van der Waals surface area contributed by atoms with Gasteiger partial charge in [-0.2, -0.15) is 0 Å². The summed E-state index contributed by atoms with van der Waals surface area (Å²) in [6.45, 7) is 2.24. The number of rotatable bonds is 3. The fraction of sp³-hybridized carbons (Fsp3) is 0.600. The molecule has 3 aliphatic heterocycles. The minimum absolute atomic E-state index is 0.0701. The maximum atomic E-state index is 11.8. The van der Waals surface area contributed by atoms with Crippen molar-refractivity contribution in [3.63, 3.8) is 0 Å². The molecule has 108 valence electrons. The number of hydrogen-bond acceptors (Lipinski definition) is 4. The van der Waals surface area contributed by atoms with Crippen molar-refractivity contribution in [3.05, 3.63) is 35.4 Å². The largest absolute Gasteiger partial charge is 0.321 e. The lowest BCUT2D eigenvalue weighted by atomic mass is 10.0. The van der Waals surface area contributed by atoms with Gasteiger partial charge in [0.25, 0.3) is 0 Å². The van der Waals surface area contributed by atoms with Crippen LogP contribution in [0, 0.1) is 0 Å². The van der Waals surface area contributed by atoms with Crippen molar-refractivity contribution in [3.8, 4) is 0 Å². The maximum absolute atomic E-state index is 11.8. The van der Waals surface area contributed by atoms with E-state index >= 15 is 0 Å². The van der Waals surface area contributed by atoms with E-state index in [1.54, 1.807) is 0 Å². The third kappa shape index (κ3) is 1.91. The van der Waals surface area contributed by atoms with Crippen molar-refractivity contribution in [2.24, 2.45) is 5.73 Å². The fourth-order valence-corrected chi connectivity index (χ4v) is 5.50. The van der Waals surface area contributed by atoms with E-state index in [0.717, 1.165) is 25.8 Å². The summed E-state index contributed by atoms with van der Waals surface area (Å²) >= 11 is 0. The molecule has 2 N–H and O–H groups in total. The Morgan fingerprint density at radius 1 is 1.15 bits per heavy atom. The Morgan fingerprint density at radius 3 is 2.25 bits per heavy atom. The molecular weight excluding hydrogens is 272 g/mol. The SMILES string of the molecule is NC1(c2ccc(CN3CC4CC(C3)S4(=O)=O)cc2)CC1. The van der Waals surface area contributed by atoms with E-state index in [4.69, 9.17) is 5.73 Å². The van der Waals surface area contributed by atoms with Crippen molar-refractivity contribution in [2.75, 3.05) is 13.1 Å². The van der Waals surface area contributed by atoms with E-state index in [9.17, 15) is 8.42 Å². The number of sulfone groups is 1. The summed E-state index contributed by atoms with van der Waals surface area (Å²) in [6.07, 6.45) is 3.03. The van der Waals surface area contributed by atoms with Crippen molar-refractivity contribution < 1.29 is 8.42 Å². The molecule has 4 aliphatic rings. The summed E-state index contributed by atoms with van der Waals surface area (Å²) < 4.78 is 23.5. The zero-order valence-corrected chi connectivity index (χ0v) is 12.3. The molecule has 4 nitrogen and oxygen atoms in total. The number of piperidine rings is 1. The standard InChI is InChI=1S/C15H20N2O2S/c16-15(5-6-15)12-3-1-11(2-4-12)8-17-9-13-7-14(10-17)20(13,18)19/h1-4,13-14H,5-10,16H2. The van der Waals surface area contributed by atoms with Gasteiger partial charge in [-0.25, -0.2) is 8.42 Å². The predicted octanol–water partition coefficient (Wildman–Crippen LogP) is 1.01. The van der Waals surface area contributed by atoms with Gasteiger partial charge in [-0.3, -0.25) is 4.90 Å². The lowest BCUT2D eigenvalue weighted by molar-refractivity contribution is 0.201. The minimum atomic E-state index is -2.77. The molecule has 4 fully saturated rings. The Morgan fingerprint density at radius 2 is 1.75 bits per heavy atom. The summed E-state index contributed by atoms with van der Waals surface area (Å²) in [5.41, 5.74) is 8.58. The molecule has 5 heteroatoms. The van der Waals surface area contributed by atoms with E-state index in [1.165, 1.54) is 11.1 Å². The van der Waals surface area contributed by atoms with Crippen LogP contribution in [0.5, 0.6) is 0 Å². The van der Waals surface area contributed by atoms with Gasteiger partial charge in [0.1, 0.15) is 0 Å². The van der Waals surface area contributed by atoms with Crippen molar-refractivity contribution in [1.82, 2.24) is 4.90 Å². The first-order chi connectivity index (χ1) is 9.47. The van der Waals surface area contributed by atoms with Gasteiger partial charge in [0, 0.05) is 25.2 Å². The Bertz CT molecular complexity index is 616. The highest BCUT2D eigenvalue weighted by Crippen LogP contribution is 2.42. The topological polar surface area (TPSA) is 63.4 Å². The van der Waals surface area contributed by atoms with Crippen LogP contribution in [0.15, 0.2) is 24.3 Å². The molecule has 5 rings (SSSR count). The van der Waals surface area contributed by atoms with Crippen molar-refractivity contribution >= 4 is 9.84 Å². The average molecular weight is 292 g/mol. The summed E-state index contributed by atoms with van der Waals surface area (Å²) in [5, 5.41) is -0.224. The van der Waals surface area contributed by atoms with Gasteiger partial charge in [-0.05, 0) is 30.4 Å². The molecule has 0 radical (unpaired) electrons. The molecule has 1 aliphatic carbocycles. The van der Waals surface area contributed by atoms with Crippen molar-refractivity contribution in [1.29, 1.82) is 0 Å². The quantitative estimate of drug-likeness (QED) is 0.903. The van der Waals surface area contributed by atoms with Gasteiger partial charge in [-0.15, -0.1) is 0 Å². The summed E-state index contributed by atoms with van der Waals surface area (Å²) in [5.74, 6) is 0. The Kier molecular flexibility index (Phi) is 2.60. The predicted molar refractivity (Wildman–Crippen MR) is 77.9 cm³/mol. The van der Waals surface area contributed by atoms with Crippen LogP contribution in [-0.4, -0.2) is 36.9 Å². The van der Waals surface area contributed by atoms with Gasteiger partial charge in [0.2, 0.25) is 0 Å². The van der Waals surface area contributed by atoms with Gasteiger partial charge >= 0.3 is 0 Å². The van der Waals surface area contributed by atoms with Gasteiger partial charge < -0.3 is 5.73 Å². The second-order valence-corrected chi connectivity index (χ2v) is 9.13. The highest BCUT2D eigenvalue weighted by atomic mass is 32.2. The number of nitrogens with zero attached hydrogens (tertiary/aromatic N) is 1. The molecule has 0 spiro atoms. The monoisotopic (exact) mass is 292 g/mol. The second kappa shape index (κ2) is 4.06. The molecule has 2 unspecified atom stereocenters. The Labute approximate surface area is 119 Å². The molecule has 0 aromatic heterocycles. The van der Waals surface area contributed by atoms with Gasteiger partial charge in [-0.1, -0.05) is 24.3 Å². The smallest absolute Gasteiger partial charge is 0.158 e. The molecule has 1 aromatic rings. The number of fused-ring (bicyclic) bond motifs is 2.